The van der Waals surface area contributed by atoms with Gasteiger partial charge < -0.3 is 0 Å². The zero-order valence-corrected chi connectivity index (χ0v) is 8.89. The Morgan fingerprint density at radius 3 is 2.85 bits per heavy atom. The van der Waals surface area contributed by atoms with Gasteiger partial charge in [-0.15, -0.1) is 6.58 Å². The molecule has 0 amide bonds. The molecule has 0 bridgehead atoms. The summed E-state index contributed by atoms with van der Waals surface area (Å²) in [5.41, 5.74) is 0. The monoisotopic (exact) mass is 203 g/mol. The molecule has 0 aliphatic carbocycles. The summed E-state index contributed by atoms with van der Waals surface area (Å²) in [6, 6.07) is 0. The molecule has 1 rings (SSSR count). The van der Waals surface area contributed by atoms with E-state index in [-0.39, 0.29) is 0 Å². The lowest BCUT2D eigenvalue weighted by atomic mass is 10.1. The van der Waals surface area contributed by atoms with Crippen molar-refractivity contribution < 1.29 is 8.42 Å². The summed E-state index contributed by atoms with van der Waals surface area (Å²) >= 11 is 0. The lowest BCUT2D eigenvalue weighted by molar-refractivity contribution is 0.353. The largest absolute Gasteiger partial charge is 0.214 e. The highest BCUT2D eigenvalue weighted by Crippen LogP contribution is 2.18. The summed E-state index contributed by atoms with van der Waals surface area (Å²) in [6.45, 7) is 6.85. The third-order valence-electron chi connectivity index (χ3n) is 2.34. The Bertz CT molecular complexity index is 271. The van der Waals surface area contributed by atoms with Crippen LogP contribution in [-0.2, 0) is 10.0 Å². The molecule has 0 spiro atoms. The summed E-state index contributed by atoms with van der Waals surface area (Å²) in [5, 5.41) is 0. The Labute approximate surface area is 80.5 Å². The maximum atomic E-state index is 11.6. The lowest BCUT2D eigenvalue weighted by Crippen LogP contribution is -2.41. The standard InChI is InChI=1S/C9H17NO2S/c1-3-4-6-10-7-5-9(2)8-13(10,11)12/h3,9H,1,4-8H2,2H3. The average molecular weight is 203 g/mol. The first-order valence-electron chi connectivity index (χ1n) is 4.65. The molecule has 0 aromatic rings. The summed E-state index contributed by atoms with van der Waals surface area (Å²) in [7, 11) is -2.96. The predicted molar refractivity (Wildman–Crippen MR) is 54.0 cm³/mol. The molecule has 1 saturated heterocycles. The molecule has 0 radical (unpaired) electrons. The van der Waals surface area contributed by atoms with Gasteiger partial charge in [0.15, 0.2) is 0 Å². The van der Waals surface area contributed by atoms with Crippen molar-refractivity contribution in [3.63, 3.8) is 0 Å². The molecule has 13 heavy (non-hydrogen) atoms. The van der Waals surface area contributed by atoms with Crippen molar-refractivity contribution in [2.45, 2.75) is 19.8 Å². The number of sulfonamides is 1. The first kappa shape index (κ1) is 10.7. The Morgan fingerprint density at radius 2 is 2.31 bits per heavy atom. The van der Waals surface area contributed by atoms with Crippen LogP contribution in [0.15, 0.2) is 12.7 Å². The molecule has 1 atom stereocenters. The molecular weight excluding hydrogens is 186 g/mol. The van der Waals surface area contributed by atoms with Crippen molar-refractivity contribution >= 4 is 10.0 Å². The first-order valence-corrected chi connectivity index (χ1v) is 6.26. The second-order valence-corrected chi connectivity index (χ2v) is 5.66. The van der Waals surface area contributed by atoms with Crippen LogP contribution in [0, 0.1) is 5.92 Å². The van der Waals surface area contributed by atoms with Gasteiger partial charge in [0.1, 0.15) is 0 Å². The van der Waals surface area contributed by atoms with Gasteiger partial charge in [0.2, 0.25) is 10.0 Å². The van der Waals surface area contributed by atoms with Gasteiger partial charge in [0, 0.05) is 13.1 Å². The van der Waals surface area contributed by atoms with Gasteiger partial charge in [-0.3, -0.25) is 0 Å². The van der Waals surface area contributed by atoms with E-state index >= 15 is 0 Å². The van der Waals surface area contributed by atoms with Crippen LogP contribution in [-0.4, -0.2) is 31.6 Å². The average Bonchev–Trinajstić information content (AvgIpc) is 2.01. The lowest BCUT2D eigenvalue weighted by Gasteiger charge is -2.29. The second-order valence-electron chi connectivity index (χ2n) is 3.65. The van der Waals surface area contributed by atoms with E-state index in [4.69, 9.17) is 0 Å². The van der Waals surface area contributed by atoms with Crippen molar-refractivity contribution in [3.8, 4) is 0 Å². The highest BCUT2D eigenvalue weighted by Gasteiger charge is 2.28. The number of hydrogen-bond donors (Lipinski definition) is 0. The van der Waals surface area contributed by atoms with E-state index in [1.165, 1.54) is 0 Å². The SMILES string of the molecule is C=CCCN1CCC(C)CS1(=O)=O. The zero-order valence-electron chi connectivity index (χ0n) is 8.07. The van der Waals surface area contributed by atoms with Crippen molar-refractivity contribution in [2.24, 2.45) is 5.92 Å². The third kappa shape index (κ3) is 2.81. The van der Waals surface area contributed by atoms with E-state index in [0.717, 1.165) is 12.8 Å². The Hall–Kier alpha value is -0.350. The second kappa shape index (κ2) is 4.24. The molecule has 0 N–H and O–H groups in total. The van der Waals surface area contributed by atoms with Gasteiger partial charge in [0.05, 0.1) is 5.75 Å². The van der Waals surface area contributed by atoms with Crippen LogP contribution in [0.5, 0.6) is 0 Å². The fraction of sp³-hybridized carbons (Fsp3) is 0.778. The van der Waals surface area contributed by atoms with E-state index in [0.29, 0.717) is 24.8 Å². The van der Waals surface area contributed by atoms with Crippen molar-refractivity contribution in [3.05, 3.63) is 12.7 Å². The molecule has 4 heteroatoms. The van der Waals surface area contributed by atoms with Crippen molar-refractivity contribution in [1.82, 2.24) is 4.31 Å². The van der Waals surface area contributed by atoms with Crippen LogP contribution < -0.4 is 0 Å². The van der Waals surface area contributed by atoms with E-state index < -0.39 is 10.0 Å². The Balaban J connectivity index is 2.59. The van der Waals surface area contributed by atoms with Crippen LogP contribution in [0.3, 0.4) is 0 Å². The Kier molecular flexibility index (Phi) is 3.50. The third-order valence-corrected chi connectivity index (χ3v) is 4.48. The van der Waals surface area contributed by atoms with E-state index in [9.17, 15) is 8.42 Å². The number of rotatable bonds is 3. The molecule has 1 aliphatic rings. The van der Waals surface area contributed by atoms with Gasteiger partial charge in [-0.05, 0) is 18.8 Å². The molecule has 3 nitrogen and oxygen atoms in total. The molecule has 0 aromatic heterocycles. The minimum absolute atomic E-state index is 0.310. The van der Waals surface area contributed by atoms with Crippen LogP contribution in [0.2, 0.25) is 0 Å². The van der Waals surface area contributed by atoms with Gasteiger partial charge in [-0.1, -0.05) is 13.0 Å². The molecule has 1 heterocycles. The summed E-state index contributed by atoms with van der Waals surface area (Å²) in [4.78, 5) is 0. The molecule has 0 aromatic carbocycles. The van der Waals surface area contributed by atoms with Gasteiger partial charge in [-0.2, -0.15) is 0 Å². The van der Waals surface area contributed by atoms with E-state index in [1.807, 2.05) is 6.92 Å². The van der Waals surface area contributed by atoms with Crippen LogP contribution in [0.4, 0.5) is 0 Å². The normalized spacial score (nSPS) is 28.5. The predicted octanol–water partition coefficient (Wildman–Crippen LogP) is 1.23. The van der Waals surface area contributed by atoms with E-state index in [2.05, 4.69) is 6.58 Å². The molecule has 76 valence electrons. The van der Waals surface area contributed by atoms with Crippen LogP contribution in [0.25, 0.3) is 0 Å². The fourth-order valence-electron chi connectivity index (χ4n) is 1.54. The number of nitrogens with zero attached hydrogens (tertiary/aromatic N) is 1. The minimum Gasteiger partial charge on any atom is -0.212 e. The molecule has 1 fully saturated rings. The Morgan fingerprint density at radius 1 is 1.62 bits per heavy atom. The van der Waals surface area contributed by atoms with Gasteiger partial charge in [0.25, 0.3) is 0 Å². The minimum atomic E-state index is -2.96. The van der Waals surface area contributed by atoms with Crippen LogP contribution >= 0.6 is 0 Å². The zero-order chi connectivity index (χ0) is 9.90. The maximum Gasteiger partial charge on any atom is 0.214 e. The van der Waals surface area contributed by atoms with Gasteiger partial charge in [-0.25, -0.2) is 12.7 Å². The van der Waals surface area contributed by atoms with E-state index in [1.54, 1.807) is 10.4 Å². The smallest absolute Gasteiger partial charge is 0.212 e. The highest BCUT2D eigenvalue weighted by atomic mass is 32.2. The maximum absolute atomic E-state index is 11.6. The summed E-state index contributed by atoms with van der Waals surface area (Å²) in [6.07, 6.45) is 3.48. The van der Waals surface area contributed by atoms with Crippen molar-refractivity contribution in [2.75, 3.05) is 18.8 Å². The van der Waals surface area contributed by atoms with Crippen LogP contribution in [0.1, 0.15) is 19.8 Å². The first-order chi connectivity index (χ1) is 6.06. The molecule has 0 saturated carbocycles. The summed E-state index contributed by atoms with van der Waals surface area (Å²) in [5.74, 6) is 0.620. The molecule has 1 unspecified atom stereocenters. The molecular formula is C9H17NO2S. The number of hydrogen-bond acceptors (Lipinski definition) is 2. The topological polar surface area (TPSA) is 37.4 Å². The van der Waals surface area contributed by atoms with Crippen molar-refractivity contribution in [1.29, 1.82) is 0 Å². The fourth-order valence-corrected chi connectivity index (χ4v) is 3.40. The highest BCUT2D eigenvalue weighted by molar-refractivity contribution is 7.89. The molecule has 1 aliphatic heterocycles. The quantitative estimate of drug-likeness (QED) is 0.647. The summed E-state index contributed by atoms with van der Waals surface area (Å²) < 4.78 is 24.8. The van der Waals surface area contributed by atoms with Gasteiger partial charge >= 0.3 is 0 Å².